The Kier molecular flexibility index (Phi) is 9.90. The van der Waals surface area contributed by atoms with Crippen LogP contribution >= 0.6 is 0 Å². The number of hydrogen-bond donors (Lipinski definition) is 0. The maximum atomic E-state index is 13.2. The van der Waals surface area contributed by atoms with E-state index >= 15 is 0 Å². The minimum atomic E-state index is -4.44. The predicted molar refractivity (Wildman–Crippen MR) is 133 cm³/mol. The van der Waals surface area contributed by atoms with E-state index in [2.05, 4.69) is 18.7 Å². The minimum Gasteiger partial charge on any atom is -0.469 e. The first-order valence-electron chi connectivity index (χ1n) is 12.9. The largest absolute Gasteiger partial charge is 0.469 e. The van der Waals surface area contributed by atoms with Gasteiger partial charge >= 0.3 is 18.3 Å². The number of benzene rings is 2. The van der Waals surface area contributed by atoms with Crippen LogP contribution in [0.1, 0.15) is 74.1 Å². The van der Waals surface area contributed by atoms with E-state index in [4.69, 9.17) is 4.74 Å². The van der Waals surface area contributed by atoms with E-state index in [1.54, 1.807) is 0 Å². The first-order valence-corrected chi connectivity index (χ1v) is 12.9. The zero-order valence-corrected chi connectivity index (χ0v) is 21.9. The fourth-order valence-electron chi connectivity index (χ4n) is 5.28. The van der Waals surface area contributed by atoms with Gasteiger partial charge in [0.15, 0.2) is 0 Å². The van der Waals surface area contributed by atoms with Crippen molar-refractivity contribution in [1.29, 1.82) is 0 Å². The van der Waals surface area contributed by atoms with Crippen LogP contribution in [0.4, 0.5) is 26.3 Å². The molecule has 0 bridgehead atoms. The van der Waals surface area contributed by atoms with Crippen LogP contribution in [0.15, 0.2) is 48.5 Å². The summed E-state index contributed by atoms with van der Waals surface area (Å²) < 4.78 is 83.6. The number of alkyl halides is 6. The van der Waals surface area contributed by atoms with Crippen molar-refractivity contribution >= 4 is 5.97 Å². The number of carbonyl (C=O) groups is 1. The van der Waals surface area contributed by atoms with Gasteiger partial charge in [0, 0.05) is 19.0 Å². The molecule has 0 radical (unpaired) electrons. The Morgan fingerprint density at radius 1 is 0.921 bits per heavy atom. The Hall–Kier alpha value is -2.55. The van der Waals surface area contributed by atoms with Crippen LogP contribution < -0.4 is 0 Å². The van der Waals surface area contributed by atoms with Gasteiger partial charge in [0.2, 0.25) is 0 Å². The summed E-state index contributed by atoms with van der Waals surface area (Å²) in [7, 11) is 1.33. The molecule has 1 saturated carbocycles. The average molecular weight is 544 g/mol. The molecule has 3 atom stereocenters. The zero-order valence-electron chi connectivity index (χ0n) is 21.9. The summed E-state index contributed by atoms with van der Waals surface area (Å²) >= 11 is 0. The van der Waals surface area contributed by atoms with Crippen molar-refractivity contribution in [3.05, 3.63) is 70.8 Å². The van der Waals surface area contributed by atoms with Gasteiger partial charge in [-0.15, -0.1) is 0 Å². The van der Waals surface area contributed by atoms with Crippen LogP contribution in [-0.2, 0) is 28.4 Å². The molecule has 0 aromatic heterocycles. The second-order valence-electron chi connectivity index (χ2n) is 10.6. The second-order valence-corrected chi connectivity index (χ2v) is 10.6. The van der Waals surface area contributed by atoms with Crippen LogP contribution in [0.5, 0.6) is 0 Å². The Morgan fingerprint density at radius 2 is 1.47 bits per heavy atom. The van der Waals surface area contributed by atoms with Crippen molar-refractivity contribution in [1.82, 2.24) is 4.90 Å². The molecule has 1 aliphatic carbocycles. The average Bonchev–Trinajstić information content (AvgIpc) is 2.85. The molecule has 3 nitrogen and oxygen atoms in total. The molecule has 0 amide bonds. The van der Waals surface area contributed by atoms with E-state index < -0.39 is 23.5 Å². The van der Waals surface area contributed by atoms with Gasteiger partial charge < -0.3 is 4.74 Å². The molecule has 0 heterocycles. The van der Waals surface area contributed by atoms with Crippen molar-refractivity contribution in [3.8, 4) is 0 Å². The van der Waals surface area contributed by atoms with Gasteiger partial charge in [-0.2, -0.15) is 26.3 Å². The van der Waals surface area contributed by atoms with E-state index in [9.17, 15) is 31.1 Å². The highest BCUT2D eigenvalue weighted by molar-refractivity contribution is 5.69. The molecule has 210 valence electrons. The summed E-state index contributed by atoms with van der Waals surface area (Å²) in [4.78, 5) is 14.2. The third kappa shape index (κ3) is 8.22. The van der Waals surface area contributed by atoms with Crippen molar-refractivity contribution in [3.63, 3.8) is 0 Å². The van der Waals surface area contributed by atoms with Crippen molar-refractivity contribution in [2.45, 2.75) is 76.8 Å². The summed E-state index contributed by atoms with van der Waals surface area (Å²) in [6.07, 6.45) is -5.68. The first-order chi connectivity index (χ1) is 17.8. The van der Waals surface area contributed by atoms with Crippen LogP contribution in [0.2, 0.25) is 0 Å². The number of carbonyl (C=O) groups excluding carboxylic acids is 1. The lowest BCUT2D eigenvalue weighted by molar-refractivity contribution is -0.142. The summed E-state index contributed by atoms with van der Waals surface area (Å²) in [5, 5.41) is 0. The molecular weight excluding hydrogens is 508 g/mol. The number of halogens is 6. The van der Waals surface area contributed by atoms with Gasteiger partial charge in [-0.1, -0.05) is 38.1 Å². The molecule has 0 N–H and O–H groups in total. The lowest BCUT2D eigenvalue weighted by atomic mass is 9.72. The maximum absolute atomic E-state index is 13.2. The normalized spacial score (nSPS) is 20.7. The number of ether oxygens (including phenoxy) is 1. The maximum Gasteiger partial charge on any atom is 0.416 e. The van der Waals surface area contributed by atoms with Gasteiger partial charge in [-0.3, -0.25) is 9.69 Å². The number of esters is 1. The van der Waals surface area contributed by atoms with Crippen LogP contribution in [0.25, 0.3) is 0 Å². The quantitative estimate of drug-likeness (QED) is 0.237. The first kappa shape index (κ1) is 30.0. The van der Waals surface area contributed by atoms with E-state index in [1.807, 2.05) is 0 Å². The Morgan fingerprint density at radius 3 is 1.97 bits per heavy atom. The smallest absolute Gasteiger partial charge is 0.416 e. The molecule has 0 saturated heterocycles. The van der Waals surface area contributed by atoms with E-state index in [0.717, 1.165) is 48.2 Å². The molecule has 1 fully saturated rings. The highest BCUT2D eigenvalue weighted by Crippen LogP contribution is 2.42. The standard InChI is InChI=1S/C29H35F6NO2/c1-19(2)14-15-36(18-20-4-9-23(10-5-20)28(30,31)32)26-13-6-21(17-27(37)38-3)16-25(26)22-7-11-24(12-8-22)29(33,34)35/h4-5,7-12,19,21,25-26H,6,13-18H2,1-3H3/t21-,25+,26+/m0/s1. The third-order valence-corrected chi connectivity index (χ3v) is 7.40. The van der Waals surface area contributed by atoms with Crippen LogP contribution in [0, 0.1) is 11.8 Å². The Labute approximate surface area is 220 Å². The second kappa shape index (κ2) is 12.5. The number of nitrogens with zero attached hydrogens (tertiary/aromatic N) is 1. The number of rotatable bonds is 9. The summed E-state index contributed by atoms with van der Waals surface area (Å²) in [5.74, 6) is -0.0300. The topological polar surface area (TPSA) is 29.5 Å². The molecule has 0 aliphatic heterocycles. The Balaban J connectivity index is 1.92. The summed E-state index contributed by atoms with van der Waals surface area (Å²) in [5.41, 5.74) is 0.0752. The van der Waals surface area contributed by atoms with Gasteiger partial charge in [0.25, 0.3) is 0 Å². The fourth-order valence-corrected chi connectivity index (χ4v) is 5.28. The van der Waals surface area contributed by atoms with Crippen molar-refractivity contribution in [2.24, 2.45) is 11.8 Å². The molecule has 3 rings (SSSR count). The molecular formula is C29H35F6NO2. The lowest BCUT2D eigenvalue weighted by Gasteiger charge is -2.43. The minimum absolute atomic E-state index is 0.0315. The molecule has 2 aromatic rings. The number of hydrogen-bond acceptors (Lipinski definition) is 3. The van der Waals surface area contributed by atoms with Gasteiger partial charge in [-0.05, 0) is 85.4 Å². The summed E-state index contributed by atoms with van der Waals surface area (Å²) in [6, 6.07) is 10.3. The van der Waals surface area contributed by atoms with Crippen molar-refractivity contribution < 1.29 is 35.9 Å². The van der Waals surface area contributed by atoms with E-state index in [0.29, 0.717) is 31.8 Å². The molecule has 1 aliphatic rings. The lowest BCUT2D eigenvalue weighted by Crippen LogP contribution is -2.43. The van der Waals surface area contributed by atoms with Crippen LogP contribution in [-0.4, -0.2) is 30.6 Å². The molecule has 38 heavy (non-hydrogen) atoms. The fraction of sp³-hybridized carbons (Fsp3) is 0.552. The highest BCUT2D eigenvalue weighted by atomic mass is 19.4. The van der Waals surface area contributed by atoms with Gasteiger partial charge in [0.1, 0.15) is 0 Å². The molecule has 0 unspecified atom stereocenters. The molecule has 9 heteroatoms. The van der Waals surface area contributed by atoms with Crippen LogP contribution in [0.3, 0.4) is 0 Å². The number of methoxy groups -OCH3 is 1. The van der Waals surface area contributed by atoms with Crippen molar-refractivity contribution in [2.75, 3.05) is 13.7 Å². The third-order valence-electron chi connectivity index (χ3n) is 7.40. The SMILES string of the molecule is COC(=O)C[C@H]1CC[C@@H](N(CCC(C)C)Cc2ccc(C(F)(F)F)cc2)[C@@H](c2ccc(C(F)(F)F)cc2)C1. The predicted octanol–water partition coefficient (Wildman–Crippen LogP) is 8.09. The zero-order chi connectivity index (χ0) is 28.1. The van der Waals surface area contributed by atoms with Gasteiger partial charge in [0.05, 0.1) is 18.2 Å². The summed E-state index contributed by atoms with van der Waals surface area (Å²) in [6.45, 7) is 5.31. The Bertz CT molecular complexity index is 1030. The van der Waals surface area contributed by atoms with E-state index in [1.165, 1.54) is 31.4 Å². The molecule has 2 aromatic carbocycles. The highest BCUT2D eigenvalue weighted by Gasteiger charge is 2.37. The monoisotopic (exact) mass is 543 g/mol. The van der Waals surface area contributed by atoms with Gasteiger partial charge in [-0.25, -0.2) is 0 Å². The van der Waals surface area contributed by atoms with E-state index in [-0.39, 0.29) is 30.3 Å². The molecule has 0 spiro atoms.